The summed E-state index contributed by atoms with van der Waals surface area (Å²) in [6.07, 6.45) is 1.63. The largest absolute Gasteiger partial charge is 0.489 e. The summed E-state index contributed by atoms with van der Waals surface area (Å²) < 4.78 is 27.9. The van der Waals surface area contributed by atoms with E-state index in [1.165, 1.54) is 6.07 Å². The Bertz CT molecular complexity index is 506. The van der Waals surface area contributed by atoms with Crippen LogP contribution in [0.3, 0.4) is 0 Å². The van der Waals surface area contributed by atoms with Crippen molar-refractivity contribution in [3.05, 3.63) is 35.9 Å². The van der Waals surface area contributed by atoms with Crippen molar-refractivity contribution in [3.8, 4) is 5.75 Å². The minimum absolute atomic E-state index is 0.135. The van der Waals surface area contributed by atoms with Crippen molar-refractivity contribution in [3.63, 3.8) is 0 Å². The summed E-state index contributed by atoms with van der Waals surface area (Å²) in [5.74, 6) is 0.643. The standard InChI is InChI=1S/C11H15NO3S/c1-4-7-15-10-5-6-11(16(12,13)14)9(3)8(10)2/h4-6H,1,7H2,2-3H3,(H2,12,13,14). The van der Waals surface area contributed by atoms with Gasteiger partial charge in [0.05, 0.1) is 4.90 Å². The van der Waals surface area contributed by atoms with Crippen LogP contribution in [0.5, 0.6) is 5.75 Å². The molecule has 0 fully saturated rings. The summed E-state index contributed by atoms with van der Waals surface area (Å²) in [4.78, 5) is 0.135. The highest BCUT2D eigenvalue weighted by molar-refractivity contribution is 7.89. The summed E-state index contributed by atoms with van der Waals surface area (Å²) in [6, 6.07) is 3.06. The molecule has 16 heavy (non-hydrogen) atoms. The van der Waals surface area contributed by atoms with E-state index in [0.29, 0.717) is 17.9 Å². The maximum atomic E-state index is 11.3. The van der Waals surface area contributed by atoms with E-state index < -0.39 is 10.0 Å². The van der Waals surface area contributed by atoms with Crippen molar-refractivity contribution >= 4 is 10.0 Å². The molecule has 0 aliphatic rings. The molecule has 2 N–H and O–H groups in total. The quantitative estimate of drug-likeness (QED) is 0.812. The van der Waals surface area contributed by atoms with E-state index in [2.05, 4.69) is 6.58 Å². The third-order valence-corrected chi connectivity index (χ3v) is 3.41. The first-order valence-electron chi connectivity index (χ1n) is 4.74. The number of sulfonamides is 1. The number of benzene rings is 1. The van der Waals surface area contributed by atoms with Crippen LogP contribution in [0.4, 0.5) is 0 Å². The average Bonchev–Trinajstić information content (AvgIpc) is 2.18. The summed E-state index contributed by atoms with van der Waals surface area (Å²) >= 11 is 0. The molecule has 88 valence electrons. The van der Waals surface area contributed by atoms with E-state index in [1.54, 1.807) is 26.0 Å². The first-order valence-corrected chi connectivity index (χ1v) is 6.29. The van der Waals surface area contributed by atoms with Gasteiger partial charge in [0.1, 0.15) is 12.4 Å². The molecule has 0 heterocycles. The summed E-state index contributed by atoms with van der Waals surface area (Å²) in [7, 11) is -3.67. The highest BCUT2D eigenvalue weighted by Gasteiger charge is 2.15. The smallest absolute Gasteiger partial charge is 0.238 e. The van der Waals surface area contributed by atoms with E-state index >= 15 is 0 Å². The van der Waals surface area contributed by atoms with Crippen LogP contribution in [0.25, 0.3) is 0 Å². The van der Waals surface area contributed by atoms with Crippen LogP contribution in [0, 0.1) is 13.8 Å². The van der Waals surface area contributed by atoms with Gasteiger partial charge in [-0.25, -0.2) is 13.6 Å². The van der Waals surface area contributed by atoms with Crippen molar-refractivity contribution in [2.45, 2.75) is 18.7 Å². The molecule has 4 nitrogen and oxygen atoms in total. The lowest BCUT2D eigenvalue weighted by Gasteiger charge is -2.12. The van der Waals surface area contributed by atoms with E-state index in [-0.39, 0.29) is 4.90 Å². The number of rotatable bonds is 4. The summed E-state index contributed by atoms with van der Waals surface area (Å²) in [5, 5.41) is 5.09. The van der Waals surface area contributed by atoms with Gasteiger partial charge in [-0.15, -0.1) is 0 Å². The van der Waals surface area contributed by atoms with Crippen molar-refractivity contribution in [1.82, 2.24) is 0 Å². The third-order valence-electron chi connectivity index (χ3n) is 2.35. The molecule has 1 aromatic rings. The second kappa shape index (κ2) is 4.67. The van der Waals surface area contributed by atoms with Gasteiger partial charge in [0.25, 0.3) is 0 Å². The molecule has 0 saturated heterocycles. The van der Waals surface area contributed by atoms with Crippen molar-refractivity contribution < 1.29 is 13.2 Å². The summed E-state index contributed by atoms with van der Waals surface area (Å²) in [5.41, 5.74) is 1.39. The van der Waals surface area contributed by atoms with Gasteiger partial charge in [0, 0.05) is 0 Å². The van der Waals surface area contributed by atoms with Gasteiger partial charge in [0.15, 0.2) is 0 Å². The topological polar surface area (TPSA) is 69.4 Å². The van der Waals surface area contributed by atoms with Gasteiger partial charge in [0.2, 0.25) is 10.0 Å². The number of hydrogen-bond donors (Lipinski definition) is 1. The molecule has 0 aliphatic heterocycles. The van der Waals surface area contributed by atoms with Crippen LogP contribution in [0.1, 0.15) is 11.1 Å². The Morgan fingerprint density at radius 3 is 2.50 bits per heavy atom. The Morgan fingerprint density at radius 2 is 2.00 bits per heavy atom. The van der Waals surface area contributed by atoms with Gasteiger partial charge < -0.3 is 4.74 Å². The average molecular weight is 241 g/mol. The minimum Gasteiger partial charge on any atom is -0.489 e. The number of nitrogens with two attached hydrogens (primary N) is 1. The lowest BCUT2D eigenvalue weighted by atomic mass is 10.1. The van der Waals surface area contributed by atoms with Crippen LogP contribution in [-0.4, -0.2) is 15.0 Å². The van der Waals surface area contributed by atoms with Gasteiger partial charge >= 0.3 is 0 Å². The molecule has 0 aromatic heterocycles. The molecule has 0 atom stereocenters. The zero-order valence-electron chi connectivity index (χ0n) is 9.36. The molecule has 0 unspecified atom stereocenters. The molecule has 0 spiro atoms. The highest BCUT2D eigenvalue weighted by Crippen LogP contribution is 2.26. The normalized spacial score (nSPS) is 11.2. The Balaban J connectivity index is 3.23. The molecule has 0 saturated carbocycles. The predicted molar refractivity (Wildman–Crippen MR) is 63.0 cm³/mol. The molecular weight excluding hydrogens is 226 g/mol. The molecule has 1 aromatic carbocycles. The van der Waals surface area contributed by atoms with E-state index in [1.807, 2.05) is 0 Å². The second-order valence-electron chi connectivity index (χ2n) is 3.46. The predicted octanol–water partition coefficient (Wildman–Crippen LogP) is 1.52. The van der Waals surface area contributed by atoms with Crippen LogP contribution in [0.15, 0.2) is 29.7 Å². The Morgan fingerprint density at radius 1 is 1.38 bits per heavy atom. The van der Waals surface area contributed by atoms with E-state index in [4.69, 9.17) is 9.88 Å². The van der Waals surface area contributed by atoms with Crippen LogP contribution in [0.2, 0.25) is 0 Å². The molecule has 1 rings (SSSR count). The maximum absolute atomic E-state index is 11.3. The van der Waals surface area contributed by atoms with E-state index in [9.17, 15) is 8.42 Å². The van der Waals surface area contributed by atoms with Crippen LogP contribution in [-0.2, 0) is 10.0 Å². The third kappa shape index (κ3) is 2.62. The van der Waals surface area contributed by atoms with Crippen LogP contribution < -0.4 is 9.88 Å². The first kappa shape index (κ1) is 12.7. The lowest BCUT2D eigenvalue weighted by molar-refractivity contribution is 0.360. The zero-order valence-corrected chi connectivity index (χ0v) is 10.2. The SMILES string of the molecule is C=CCOc1ccc(S(N)(=O)=O)c(C)c1C. The summed E-state index contributed by atoms with van der Waals surface area (Å²) in [6.45, 7) is 7.43. The van der Waals surface area contributed by atoms with Gasteiger partial charge in [-0.05, 0) is 37.1 Å². The van der Waals surface area contributed by atoms with Crippen molar-refractivity contribution in [2.75, 3.05) is 6.61 Å². The Hall–Kier alpha value is -1.33. The zero-order chi connectivity index (χ0) is 12.3. The molecule has 0 amide bonds. The number of primary sulfonamides is 1. The maximum Gasteiger partial charge on any atom is 0.238 e. The molecule has 0 aliphatic carbocycles. The fourth-order valence-corrected chi connectivity index (χ4v) is 2.22. The number of ether oxygens (including phenoxy) is 1. The number of hydrogen-bond acceptors (Lipinski definition) is 3. The van der Waals surface area contributed by atoms with E-state index in [0.717, 1.165) is 5.56 Å². The molecule has 0 radical (unpaired) electrons. The lowest BCUT2D eigenvalue weighted by Crippen LogP contribution is -2.14. The first-order chi connectivity index (χ1) is 7.38. The van der Waals surface area contributed by atoms with Gasteiger partial charge in [-0.3, -0.25) is 0 Å². The fourth-order valence-electron chi connectivity index (χ4n) is 1.38. The Kier molecular flexibility index (Phi) is 3.72. The molecule has 5 heteroatoms. The van der Waals surface area contributed by atoms with Crippen molar-refractivity contribution in [1.29, 1.82) is 0 Å². The Labute approximate surface area is 95.8 Å². The van der Waals surface area contributed by atoms with Crippen molar-refractivity contribution in [2.24, 2.45) is 5.14 Å². The van der Waals surface area contributed by atoms with Crippen LogP contribution >= 0.6 is 0 Å². The fraction of sp³-hybridized carbons (Fsp3) is 0.273. The van der Waals surface area contributed by atoms with Gasteiger partial charge in [-0.1, -0.05) is 12.7 Å². The van der Waals surface area contributed by atoms with Gasteiger partial charge in [-0.2, -0.15) is 0 Å². The highest BCUT2D eigenvalue weighted by atomic mass is 32.2. The molecule has 0 bridgehead atoms. The minimum atomic E-state index is -3.67. The second-order valence-corrected chi connectivity index (χ2v) is 4.99. The molecular formula is C11H15NO3S. The monoisotopic (exact) mass is 241 g/mol.